The Labute approximate surface area is 128 Å². The third kappa shape index (κ3) is 3.67. The Kier molecular flexibility index (Phi) is 5.74. The Morgan fingerprint density at radius 2 is 2.05 bits per heavy atom. The maximum absolute atomic E-state index is 6.22. The molecule has 0 spiro atoms. The number of benzene rings is 1. The van der Waals surface area contributed by atoms with Crippen LogP contribution < -0.4 is 10.2 Å². The van der Waals surface area contributed by atoms with Crippen LogP contribution in [0.4, 0.5) is 5.69 Å². The maximum Gasteiger partial charge on any atom is 0.0426 e. The molecule has 0 saturated heterocycles. The topological polar surface area (TPSA) is 15.3 Å². The number of nitrogens with one attached hydrogen (secondary N) is 1. The van der Waals surface area contributed by atoms with E-state index in [0.717, 1.165) is 24.0 Å². The van der Waals surface area contributed by atoms with Crippen LogP contribution >= 0.6 is 11.6 Å². The van der Waals surface area contributed by atoms with Crippen molar-refractivity contribution in [2.45, 2.75) is 52.1 Å². The van der Waals surface area contributed by atoms with Gasteiger partial charge in [0.1, 0.15) is 0 Å². The van der Waals surface area contributed by atoms with Gasteiger partial charge in [-0.1, -0.05) is 44.4 Å². The number of rotatable bonds is 5. The van der Waals surface area contributed by atoms with E-state index in [0.29, 0.717) is 6.04 Å². The monoisotopic (exact) mass is 294 g/mol. The van der Waals surface area contributed by atoms with Gasteiger partial charge >= 0.3 is 0 Å². The van der Waals surface area contributed by atoms with Gasteiger partial charge in [-0.25, -0.2) is 0 Å². The van der Waals surface area contributed by atoms with Gasteiger partial charge in [-0.2, -0.15) is 0 Å². The molecule has 1 aliphatic carbocycles. The zero-order valence-electron chi connectivity index (χ0n) is 13.0. The van der Waals surface area contributed by atoms with Crippen molar-refractivity contribution in [1.82, 2.24) is 5.32 Å². The fourth-order valence-corrected chi connectivity index (χ4v) is 3.49. The summed E-state index contributed by atoms with van der Waals surface area (Å²) in [5, 5.41) is 4.25. The lowest BCUT2D eigenvalue weighted by atomic mass is 9.84. The average molecular weight is 295 g/mol. The Balaban J connectivity index is 2.22. The van der Waals surface area contributed by atoms with E-state index in [-0.39, 0.29) is 0 Å². The van der Waals surface area contributed by atoms with Crippen molar-refractivity contribution in [2.75, 3.05) is 18.5 Å². The van der Waals surface area contributed by atoms with Crippen molar-refractivity contribution in [3.63, 3.8) is 0 Å². The van der Waals surface area contributed by atoms with Gasteiger partial charge in [-0.15, -0.1) is 0 Å². The van der Waals surface area contributed by atoms with Gasteiger partial charge in [0.25, 0.3) is 0 Å². The van der Waals surface area contributed by atoms with Gasteiger partial charge in [0.2, 0.25) is 0 Å². The SMILES string of the molecule is CCNCc1ccc(Cl)cc1N(C)C1CCCCC1C. The van der Waals surface area contributed by atoms with Crippen LogP contribution in [-0.2, 0) is 6.54 Å². The molecule has 112 valence electrons. The molecule has 0 heterocycles. The maximum atomic E-state index is 6.22. The molecule has 1 aliphatic rings. The van der Waals surface area contributed by atoms with Crippen molar-refractivity contribution in [2.24, 2.45) is 5.92 Å². The third-order valence-electron chi connectivity index (χ3n) is 4.56. The van der Waals surface area contributed by atoms with Crippen LogP contribution in [0.25, 0.3) is 0 Å². The average Bonchev–Trinajstić information content (AvgIpc) is 2.46. The van der Waals surface area contributed by atoms with E-state index in [1.54, 1.807) is 0 Å². The van der Waals surface area contributed by atoms with Crippen LogP contribution in [-0.4, -0.2) is 19.6 Å². The second-order valence-electron chi connectivity index (χ2n) is 5.99. The summed E-state index contributed by atoms with van der Waals surface area (Å²) >= 11 is 6.22. The van der Waals surface area contributed by atoms with Gasteiger partial charge in [0.05, 0.1) is 0 Å². The zero-order valence-corrected chi connectivity index (χ0v) is 13.7. The van der Waals surface area contributed by atoms with Crippen molar-refractivity contribution in [3.05, 3.63) is 28.8 Å². The van der Waals surface area contributed by atoms with E-state index in [4.69, 9.17) is 11.6 Å². The van der Waals surface area contributed by atoms with E-state index >= 15 is 0 Å². The van der Waals surface area contributed by atoms with E-state index < -0.39 is 0 Å². The molecule has 2 nitrogen and oxygen atoms in total. The quantitative estimate of drug-likeness (QED) is 0.862. The van der Waals surface area contributed by atoms with E-state index in [1.807, 2.05) is 6.07 Å². The summed E-state index contributed by atoms with van der Waals surface area (Å²) in [6.45, 7) is 6.43. The second-order valence-corrected chi connectivity index (χ2v) is 6.43. The lowest BCUT2D eigenvalue weighted by Gasteiger charge is -2.38. The highest BCUT2D eigenvalue weighted by molar-refractivity contribution is 6.30. The minimum Gasteiger partial charge on any atom is -0.371 e. The summed E-state index contributed by atoms with van der Waals surface area (Å²) in [5.74, 6) is 0.764. The molecule has 2 unspecified atom stereocenters. The summed E-state index contributed by atoms with van der Waals surface area (Å²) in [6.07, 6.45) is 5.37. The predicted octanol–water partition coefficient (Wildman–Crippen LogP) is 4.46. The Morgan fingerprint density at radius 1 is 1.30 bits per heavy atom. The lowest BCUT2D eigenvalue weighted by molar-refractivity contribution is 0.321. The first-order chi connectivity index (χ1) is 9.63. The van der Waals surface area contributed by atoms with Crippen LogP contribution in [0.15, 0.2) is 18.2 Å². The van der Waals surface area contributed by atoms with Gasteiger partial charge in [-0.05, 0) is 43.0 Å². The smallest absolute Gasteiger partial charge is 0.0426 e. The number of halogens is 1. The first-order valence-corrected chi connectivity index (χ1v) is 8.23. The second kappa shape index (κ2) is 7.33. The van der Waals surface area contributed by atoms with Crippen molar-refractivity contribution in [3.8, 4) is 0 Å². The fourth-order valence-electron chi connectivity index (χ4n) is 3.33. The van der Waals surface area contributed by atoms with Gasteiger partial charge in [0, 0.05) is 30.3 Å². The van der Waals surface area contributed by atoms with Crippen LogP contribution in [0.1, 0.15) is 45.1 Å². The van der Waals surface area contributed by atoms with Crippen LogP contribution in [0.5, 0.6) is 0 Å². The van der Waals surface area contributed by atoms with Crippen molar-refractivity contribution < 1.29 is 0 Å². The lowest BCUT2D eigenvalue weighted by Crippen LogP contribution is -2.39. The highest BCUT2D eigenvalue weighted by atomic mass is 35.5. The van der Waals surface area contributed by atoms with Crippen molar-refractivity contribution >= 4 is 17.3 Å². The van der Waals surface area contributed by atoms with Gasteiger partial charge in [-0.3, -0.25) is 0 Å². The molecule has 2 atom stereocenters. The highest BCUT2D eigenvalue weighted by Crippen LogP contribution is 2.33. The molecule has 0 amide bonds. The minimum atomic E-state index is 0.641. The summed E-state index contributed by atoms with van der Waals surface area (Å²) < 4.78 is 0. The summed E-state index contributed by atoms with van der Waals surface area (Å²) in [5.41, 5.74) is 2.63. The number of nitrogens with zero attached hydrogens (tertiary/aromatic N) is 1. The largest absolute Gasteiger partial charge is 0.371 e. The standard InChI is InChI=1S/C17H27ClN2/c1-4-19-12-14-9-10-15(18)11-17(14)20(3)16-8-6-5-7-13(16)2/h9-11,13,16,19H,4-8,12H2,1-3H3. The Morgan fingerprint density at radius 3 is 2.75 bits per heavy atom. The first kappa shape index (κ1) is 15.7. The third-order valence-corrected chi connectivity index (χ3v) is 4.79. The summed E-state index contributed by atoms with van der Waals surface area (Å²) in [4.78, 5) is 2.46. The fraction of sp³-hybridized carbons (Fsp3) is 0.647. The Bertz CT molecular complexity index is 433. The molecular weight excluding hydrogens is 268 g/mol. The molecular formula is C17H27ClN2. The highest BCUT2D eigenvalue weighted by Gasteiger charge is 2.26. The number of anilines is 1. The molecule has 0 aliphatic heterocycles. The molecule has 1 aromatic rings. The predicted molar refractivity (Wildman–Crippen MR) is 88.7 cm³/mol. The van der Waals surface area contributed by atoms with E-state index in [9.17, 15) is 0 Å². The first-order valence-electron chi connectivity index (χ1n) is 7.85. The molecule has 0 aromatic heterocycles. The molecule has 2 rings (SSSR count). The molecule has 20 heavy (non-hydrogen) atoms. The summed E-state index contributed by atoms with van der Waals surface area (Å²) in [7, 11) is 2.23. The molecule has 1 N–H and O–H groups in total. The van der Waals surface area contributed by atoms with Crippen LogP contribution in [0, 0.1) is 5.92 Å². The van der Waals surface area contributed by atoms with Crippen LogP contribution in [0.3, 0.4) is 0 Å². The molecule has 1 fully saturated rings. The van der Waals surface area contributed by atoms with E-state index in [2.05, 4.69) is 43.2 Å². The number of hydrogen-bond donors (Lipinski definition) is 1. The van der Waals surface area contributed by atoms with Crippen molar-refractivity contribution in [1.29, 1.82) is 0 Å². The summed E-state index contributed by atoms with van der Waals surface area (Å²) in [6, 6.07) is 6.91. The molecule has 1 aromatic carbocycles. The zero-order chi connectivity index (χ0) is 14.5. The van der Waals surface area contributed by atoms with E-state index in [1.165, 1.54) is 36.9 Å². The van der Waals surface area contributed by atoms with Gasteiger partial charge in [0.15, 0.2) is 0 Å². The number of hydrogen-bond acceptors (Lipinski definition) is 2. The minimum absolute atomic E-state index is 0.641. The molecule has 0 radical (unpaired) electrons. The molecule has 3 heteroatoms. The Hall–Kier alpha value is -0.730. The van der Waals surface area contributed by atoms with Crippen LogP contribution in [0.2, 0.25) is 5.02 Å². The molecule has 0 bridgehead atoms. The normalized spacial score (nSPS) is 22.8. The molecule has 1 saturated carbocycles. The van der Waals surface area contributed by atoms with Gasteiger partial charge < -0.3 is 10.2 Å².